The fourth-order valence-electron chi connectivity index (χ4n) is 4.90. The van der Waals surface area contributed by atoms with E-state index in [0.717, 1.165) is 46.6 Å². The molecule has 168 valence electrons. The predicted octanol–water partition coefficient (Wildman–Crippen LogP) is 4.99. The third kappa shape index (κ3) is 3.57. The highest BCUT2D eigenvalue weighted by molar-refractivity contribution is 5.88. The van der Waals surface area contributed by atoms with Gasteiger partial charge in [-0.25, -0.2) is 14.5 Å². The summed E-state index contributed by atoms with van der Waals surface area (Å²) in [5, 5.41) is 8.19. The van der Waals surface area contributed by atoms with Crippen molar-refractivity contribution >= 4 is 28.4 Å². The minimum Gasteiger partial charge on any atom is -0.382 e. The van der Waals surface area contributed by atoms with Gasteiger partial charge in [-0.1, -0.05) is 13.8 Å². The van der Waals surface area contributed by atoms with Gasteiger partial charge < -0.3 is 15.6 Å². The Bertz CT molecular complexity index is 1290. The van der Waals surface area contributed by atoms with Crippen molar-refractivity contribution < 1.29 is 0 Å². The van der Waals surface area contributed by atoms with E-state index in [4.69, 9.17) is 15.8 Å². The number of hydrogen-bond acceptors (Lipinski definition) is 6. The van der Waals surface area contributed by atoms with Gasteiger partial charge in [0.1, 0.15) is 16.9 Å². The van der Waals surface area contributed by atoms with Crippen LogP contribution < -0.4 is 11.1 Å². The van der Waals surface area contributed by atoms with Crippen molar-refractivity contribution in [2.24, 2.45) is 5.41 Å². The molecule has 0 bridgehead atoms. The number of nitrogens with one attached hydrogen (secondary N) is 1. The Balaban J connectivity index is 1.49. The molecule has 1 fully saturated rings. The highest BCUT2D eigenvalue weighted by Gasteiger charge is 2.27. The van der Waals surface area contributed by atoms with Crippen LogP contribution in [0.3, 0.4) is 0 Å². The Morgan fingerprint density at radius 2 is 1.84 bits per heavy atom. The highest BCUT2D eigenvalue weighted by atomic mass is 15.3. The van der Waals surface area contributed by atoms with Gasteiger partial charge in [-0.2, -0.15) is 4.98 Å². The smallest absolute Gasteiger partial charge is 0.243 e. The number of imidazole rings is 1. The van der Waals surface area contributed by atoms with Crippen LogP contribution in [0.25, 0.3) is 27.9 Å². The molecule has 5 rings (SSSR count). The molecule has 4 aromatic heterocycles. The highest BCUT2D eigenvalue weighted by Crippen LogP contribution is 2.36. The molecule has 8 nitrogen and oxygen atoms in total. The second kappa shape index (κ2) is 7.46. The number of aryl methyl sites for hydroxylation is 1. The van der Waals surface area contributed by atoms with Crippen LogP contribution in [-0.4, -0.2) is 35.2 Å². The zero-order chi connectivity index (χ0) is 22.6. The number of aromatic nitrogens is 6. The van der Waals surface area contributed by atoms with Crippen LogP contribution in [0.1, 0.15) is 65.2 Å². The molecule has 8 heteroatoms. The van der Waals surface area contributed by atoms with Gasteiger partial charge in [0.05, 0.1) is 5.69 Å². The molecule has 0 unspecified atom stereocenters. The summed E-state index contributed by atoms with van der Waals surface area (Å²) >= 11 is 0. The molecule has 0 saturated heterocycles. The molecule has 0 spiro atoms. The maximum Gasteiger partial charge on any atom is 0.243 e. The Labute approximate surface area is 188 Å². The first-order valence-electron chi connectivity index (χ1n) is 11.5. The van der Waals surface area contributed by atoms with Crippen molar-refractivity contribution in [2.75, 3.05) is 11.1 Å². The van der Waals surface area contributed by atoms with Gasteiger partial charge in [0.25, 0.3) is 0 Å². The lowest BCUT2D eigenvalue weighted by molar-refractivity contribution is 0.232. The lowest BCUT2D eigenvalue weighted by Crippen LogP contribution is -2.30. The number of nitrogens with zero attached hydrogens (tertiary/aromatic N) is 6. The van der Waals surface area contributed by atoms with Crippen LogP contribution in [0.5, 0.6) is 0 Å². The maximum atomic E-state index is 6.43. The molecule has 1 aliphatic rings. The summed E-state index contributed by atoms with van der Waals surface area (Å²) in [6, 6.07) is 6.68. The standard InChI is InChI=1S/C24H32N8/c1-14(2)32-15(3)26-19-7-6-18(28-22(19)32)17-10-13-31-20(17)21(25)29-23(30-31)27-16-8-11-24(4,5)12-9-16/h6-7,10,13-14,16H,8-9,11-12H2,1-5H3,(H3,25,27,29,30). The summed E-state index contributed by atoms with van der Waals surface area (Å²) in [6.07, 6.45) is 6.58. The zero-order valence-electron chi connectivity index (χ0n) is 19.6. The monoisotopic (exact) mass is 432 g/mol. The molecule has 3 N–H and O–H groups in total. The van der Waals surface area contributed by atoms with E-state index in [1.165, 1.54) is 12.8 Å². The summed E-state index contributed by atoms with van der Waals surface area (Å²) in [5.74, 6) is 2.00. The summed E-state index contributed by atoms with van der Waals surface area (Å²) in [5.41, 5.74) is 11.2. The fraction of sp³-hybridized carbons (Fsp3) is 0.500. The summed E-state index contributed by atoms with van der Waals surface area (Å²) in [6.45, 7) is 11.0. The van der Waals surface area contributed by atoms with E-state index in [9.17, 15) is 0 Å². The molecular weight excluding hydrogens is 400 g/mol. The van der Waals surface area contributed by atoms with E-state index in [-0.39, 0.29) is 6.04 Å². The number of nitrogens with two attached hydrogens (primary N) is 1. The minimum atomic E-state index is 0.279. The van der Waals surface area contributed by atoms with E-state index in [1.54, 1.807) is 0 Å². The van der Waals surface area contributed by atoms with Crippen LogP contribution in [0.2, 0.25) is 0 Å². The maximum absolute atomic E-state index is 6.43. The SMILES string of the molecule is Cc1nc2ccc(-c3ccn4nc(NC5CCC(C)(C)CC5)nc(N)c34)nc2n1C(C)C. The van der Waals surface area contributed by atoms with Gasteiger partial charge in [-0.3, -0.25) is 0 Å². The van der Waals surface area contributed by atoms with Gasteiger partial charge >= 0.3 is 0 Å². The topological polar surface area (TPSA) is 98.9 Å². The molecule has 32 heavy (non-hydrogen) atoms. The lowest BCUT2D eigenvalue weighted by Gasteiger charge is -2.34. The Morgan fingerprint density at radius 1 is 1.09 bits per heavy atom. The Morgan fingerprint density at radius 3 is 2.56 bits per heavy atom. The van der Waals surface area contributed by atoms with E-state index in [0.29, 0.717) is 23.2 Å². The second-order valence-corrected chi connectivity index (χ2v) is 10.1. The number of anilines is 2. The molecule has 0 aromatic carbocycles. The van der Waals surface area contributed by atoms with E-state index in [2.05, 4.69) is 47.5 Å². The summed E-state index contributed by atoms with van der Waals surface area (Å²) in [7, 11) is 0. The lowest BCUT2D eigenvalue weighted by atomic mass is 9.76. The Kier molecular flexibility index (Phi) is 4.83. The first-order chi connectivity index (χ1) is 15.2. The molecule has 0 amide bonds. The van der Waals surface area contributed by atoms with Gasteiger partial charge in [0.15, 0.2) is 11.5 Å². The third-order valence-corrected chi connectivity index (χ3v) is 6.72. The number of pyridine rings is 1. The van der Waals surface area contributed by atoms with Crippen molar-refractivity contribution in [3.8, 4) is 11.3 Å². The van der Waals surface area contributed by atoms with E-state index in [1.807, 2.05) is 35.8 Å². The van der Waals surface area contributed by atoms with E-state index < -0.39 is 0 Å². The van der Waals surface area contributed by atoms with Crippen LogP contribution in [0, 0.1) is 12.3 Å². The molecule has 1 saturated carbocycles. The van der Waals surface area contributed by atoms with Crippen LogP contribution in [0.15, 0.2) is 24.4 Å². The first-order valence-corrected chi connectivity index (χ1v) is 11.5. The predicted molar refractivity (Wildman–Crippen MR) is 129 cm³/mol. The first kappa shape index (κ1) is 20.7. The van der Waals surface area contributed by atoms with Crippen LogP contribution >= 0.6 is 0 Å². The van der Waals surface area contributed by atoms with Crippen molar-refractivity contribution in [1.82, 2.24) is 29.1 Å². The summed E-state index contributed by atoms with van der Waals surface area (Å²) < 4.78 is 3.97. The Hall–Kier alpha value is -3.16. The molecule has 0 radical (unpaired) electrons. The van der Waals surface area contributed by atoms with Crippen LogP contribution in [0.4, 0.5) is 11.8 Å². The molecule has 4 heterocycles. The molecular formula is C24H32N8. The number of hydrogen-bond donors (Lipinski definition) is 2. The number of fused-ring (bicyclic) bond motifs is 2. The van der Waals surface area contributed by atoms with Crippen LogP contribution in [-0.2, 0) is 0 Å². The van der Waals surface area contributed by atoms with Gasteiger partial charge in [0, 0.05) is 23.8 Å². The molecule has 0 aliphatic heterocycles. The zero-order valence-corrected chi connectivity index (χ0v) is 19.6. The van der Waals surface area contributed by atoms with E-state index >= 15 is 0 Å². The number of nitrogen functional groups attached to an aromatic ring is 1. The average Bonchev–Trinajstić information content (AvgIpc) is 3.29. The third-order valence-electron chi connectivity index (χ3n) is 6.72. The molecule has 1 aliphatic carbocycles. The van der Waals surface area contributed by atoms with Crippen molar-refractivity contribution in [1.29, 1.82) is 0 Å². The van der Waals surface area contributed by atoms with Gasteiger partial charge in [-0.05, 0) is 70.1 Å². The van der Waals surface area contributed by atoms with Crippen molar-refractivity contribution in [2.45, 2.75) is 72.4 Å². The van der Waals surface area contributed by atoms with Gasteiger partial charge in [-0.15, -0.1) is 5.10 Å². The van der Waals surface area contributed by atoms with Crippen molar-refractivity contribution in [3.05, 3.63) is 30.2 Å². The van der Waals surface area contributed by atoms with Gasteiger partial charge in [0.2, 0.25) is 5.95 Å². The molecule has 4 aromatic rings. The normalized spacial score (nSPS) is 16.9. The second-order valence-electron chi connectivity index (χ2n) is 10.1. The summed E-state index contributed by atoms with van der Waals surface area (Å²) in [4.78, 5) is 14.2. The average molecular weight is 433 g/mol. The van der Waals surface area contributed by atoms with Crippen molar-refractivity contribution in [3.63, 3.8) is 0 Å². The quantitative estimate of drug-likeness (QED) is 0.471. The fourth-order valence-corrected chi connectivity index (χ4v) is 4.90. The molecule has 0 atom stereocenters. The largest absolute Gasteiger partial charge is 0.382 e. The number of rotatable bonds is 4. The minimum absolute atomic E-state index is 0.279.